The summed E-state index contributed by atoms with van der Waals surface area (Å²) in [5.41, 5.74) is 3.06. The van der Waals surface area contributed by atoms with Crippen LogP contribution < -0.4 is 5.56 Å². The van der Waals surface area contributed by atoms with Crippen molar-refractivity contribution in [2.45, 2.75) is 0 Å². The van der Waals surface area contributed by atoms with Crippen molar-refractivity contribution >= 4 is 28.7 Å². The predicted octanol–water partition coefficient (Wildman–Crippen LogP) is 4.60. The summed E-state index contributed by atoms with van der Waals surface area (Å²) in [4.78, 5) is 18.1. The van der Waals surface area contributed by atoms with Gasteiger partial charge in [-0.1, -0.05) is 48.0 Å². The molecule has 29 heavy (non-hydrogen) atoms. The number of hydrogen-bond acceptors (Lipinski definition) is 4. The quantitative estimate of drug-likeness (QED) is 0.370. The number of para-hydroxylation sites is 1. The van der Waals surface area contributed by atoms with Gasteiger partial charge in [0.15, 0.2) is 0 Å². The first-order chi connectivity index (χ1) is 14.0. The lowest BCUT2D eigenvalue weighted by atomic mass is 10.1. The fourth-order valence-corrected chi connectivity index (χ4v) is 3.18. The van der Waals surface area contributed by atoms with Gasteiger partial charge in [-0.05, 0) is 42.0 Å². The van der Waals surface area contributed by atoms with Crippen LogP contribution in [0.15, 0.2) is 82.7 Å². The normalized spacial score (nSPS) is 11.3. The van der Waals surface area contributed by atoms with Gasteiger partial charge in [0.2, 0.25) is 0 Å². The maximum absolute atomic E-state index is 13.3. The molecule has 0 aliphatic rings. The SMILES string of the molecule is CN(C)/N=C/c1ccc(-c2nc3ccccc3c(=O)n2-c2ccc(Cl)cc2)cc1. The van der Waals surface area contributed by atoms with Crippen LogP contribution in [-0.4, -0.2) is 34.9 Å². The van der Waals surface area contributed by atoms with E-state index in [-0.39, 0.29) is 5.56 Å². The highest BCUT2D eigenvalue weighted by Gasteiger charge is 2.14. The van der Waals surface area contributed by atoms with E-state index in [0.29, 0.717) is 27.4 Å². The summed E-state index contributed by atoms with van der Waals surface area (Å²) in [7, 11) is 3.74. The topological polar surface area (TPSA) is 50.5 Å². The fourth-order valence-electron chi connectivity index (χ4n) is 3.06. The standard InChI is InChI=1S/C23H19ClN4O/c1-27(2)25-15-16-7-9-17(10-8-16)22-26-21-6-4-3-5-20(21)23(29)28(22)19-13-11-18(24)12-14-19/h3-15H,1-2H3/b25-15+. The van der Waals surface area contributed by atoms with E-state index in [2.05, 4.69) is 5.10 Å². The third kappa shape index (κ3) is 3.91. The Morgan fingerprint density at radius 3 is 2.34 bits per heavy atom. The highest BCUT2D eigenvalue weighted by molar-refractivity contribution is 6.30. The van der Waals surface area contributed by atoms with Gasteiger partial charge in [-0.25, -0.2) is 4.98 Å². The molecule has 4 aromatic rings. The zero-order valence-electron chi connectivity index (χ0n) is 16.1. The Morgan fingerprint density at radius 2 is 1.66 bits per heavy atom. The number of rotatable bonds is 4. The summed E-state index contributed by atoms with van der Waals surface area (Å²) < 4.78 is 1.63. The van der Waals surface area contributed by atoms with Crippen LogP contribution in [0.4, 0.5) is 0 Å². The Bertz CT molecular complexity index is 1240. The highest BCUT2D eigenvalue weighted by Crippen LogP contribution is 2.23. The maximum atomic E-state index is 13.3. The highest BCUT2D eigenvalue weighted by atomic mass is 35.5. The minimum absolute atomic E-state index is 0.119. The van der Waals surface area contributed by atoms with Gasteiger partial charge in [0, 0.05) is 24.7 Å². The smallest absolute Gasteiger partial charge is 0.266 e. The van der Waals surface area contributed by atoms with E-state index in [1.807, 2.05) is 68.7 Å². The molecule has 0 aliphatic carbocycles. The van der Waals surface area contributed by atoms with Crippen LogP contribution in [0.1, 0.15) is 5.56 Å². The van der Waals surface area contributed by atoms with Crippen LogP contribution in [-0.2, 0) is 0 Å². The molecular weight excluding hydrogens is 384 g/mol. The lowest BCUT2D eigenvalue weighted by Gasteiger charge is -2.14. The minimum atomic E-state index is -0.119. The Balaban J connectivity index is 1.92. The fraction of sp³-hybridized carbons (Fsp3) is 0.0870. The van der Waals surface area contributed by atoms with Gasteiger partial charge in [-0.15, -0.1) is 0 Å². The van der Waals surface area contributed by atoms with Gasteiger partial charge in [0.25, 0.3) is 5.56 Å². The molecule has 0 atom stereocenters. The van der Waals surface area contributed by atoms with Gasteiger partial charge in [-0.3, -0.25) is 9.36 Å². The summed E-state index contributed by atoms with van der Waals surface area (Å²) in [6.07, 6.45) is 1.78. The second-order valence-corrected chi connectivity index (χ2v) is 7.22. The molecule has 0 fully saturated rings. The van der Waals surface area contributed by atoms with E-state index in [0.717, 1.165) is 11.1 Å². The number of hydrazone groups is 1. The van der Waals surface area contributed by atoms with Crippen molar-refractivity contribution in [3.05, 3.63) is 93.7 Å². The first-order valence-electron chi connectivity index (χ1n) is 9.12. The van der Waals surface area contributed by atoms with Gasteiger partial charge in [-0.2, -0.15) is 5.10 Å². The average molecular weight is 403 g/mol. The molecule has 3 aromatic carbocycles. The first-order valence-corrected chi connectivity index (χ1v) is 9.50. The van der Waals surface area contributed by atoms with Crippen molar-refractivity contribution in [3.8, 4) is 17.1 Å². The van der Waals surface area contributed by atoms with Crippen LogP contribution in [0.25, 0.3) is 28.0 Å². The predicted molar refractivity (Wildman–Crippen MR) is 119 cm³/mol. The molecular formula is C23H19ClN4O. The molecule has 0 amide bonds. The van der Waals surface area contributed by atoms with E-state index in [1.165, 1.54) is 0 Å². The zero-order chi connectivity index (χ0) is 20.4. The molecule has 1 aromatic heterocycles. The summed E-state index contributed by atoms with van der Waals surface area (Å²) >= 11 is 6.04. The Morgan fingerprint density at radius 1 is 0.966 bits per heavy atom. The Hall–Kier alpha value is -3.44. The van der Waals surface area contributed by atoms with Crippen molar-refractivity contribution in [3.63, 3.8) is 0 Å². The Labute approximate surface area is 173 Å². The van der Waals surface area contributed by atoms with Crippen LogP contribution in [0.2, 0.25) is 5.02 Å². The van der Waals surface area contributed by atoms with Gasteiger partial charge < -0.3 is 5.01 Å². The molecule has 0 saturated carbocycles. The Kier molecular flexibility index (Phi) is 5.14. The van der Waals surface area contributed by atoms with E-state index in [1.54, 1.807) is 34.0 Å². The first kappa shape index (κ1) is 18.9. The molecule has 0 radical (unpaired) electrons. The lowest BCUT2D eigenvalue weighted by Crippen LogP contribution is -2.21. The molecule has 0 aliphatic heterocycles. The number of fused-ring (bicyclic) bond motifs is 1. The number of hydrogen-bond donors (Lipinski definition) is 0. The van der Waals surface area contributed by atoms with Crippen LogP contribution >= 0.6 is 11.6 Å². The summed E-state index contributed by atoms with van der Waals surface area (Å²) in [5, 5.41) is 7.17. The minimum Gasteiger partial charge on any atom is -0.303 e. The number of aromatic nitrogens is 2. The molecule has 6 heteroatoms. The third-order valence-electron chi connectivity index (χ3n) is 4.47. The van der Waals surface area contributed by atoms with Gasteiger partial charge >= 0.3 is 0 Å². The monoisotopic (exact) mass is 402 g/mol. The molecule has 0 saturated heterocycles. The maximum Gasteiger partial charge on any atom is 0.266 e. The summed E-state index contributed by atoms with van der Waals surface area (Å²) in [5.74, 6) is 0.576. The summed E-state index contributed by atoms with van der Waals surface area (Å²) in [6, 6.07) is 22.3. The van der Waals surface area contributed by atoms with Crippen molar-refractivity contribution in [1.82, 2.24) is 14.6 Å². The molecule has 1 heterocycles. The van der Waals surface area contributed by atoms with Crippen molar-refractivity contribution in [2.24, 2.45) is 5.10 Å². The van der Waals surface area contributed by atoms with E-state index in [9.17, 15) is 4.79 Å². The van der Waals surface area contributed by atoms with Crippen LogP contribution in [0.5, 0.6) is 0 Å². The molecule has 4 rings (SSSR count). The van der Waals surface area contributed by atoms with Gasteiger partial charge in [0.05, 0.1) is 22.8 Å². The largest absolute Gasteiger partial charge is 0.303 e. The van der Waals surface area contributed by atoms with Gasteiger partial charge in [0.1, 0.15) is 5.82 Å². The second kappa shape index (κ2) is 7.89. The van der Waals surface area contributed by atoms with E-state index < -0.39 is 0 Å². The van der Waals surface area contributed by atoms with Crippen molar-refractivity contribution in [1.29, 1.82) is 0 Å². The average Bonchev–Trinajstić information content (AvgIpc) is 2.73. The third-order valence-corrected chi connectivity index (χ3v) is 4.72. The van der Waals surface area contributed by atoms with Crippen molar-refractivity contribution in [2.75, 3.05) is 14.1 Å². The molecule has 0 spiro atoms. The molecule has 0 bridgehead atoms. The molecule has 0 unspecified atom stereocenters. The van der Waals surface area contributed by atoms with Crippen LogP contribution in [0, 0.1) is 0 Å². The molecule has 144 valence electrons. The number of halogens is 1. The van der Waals surface area contributed by atoms with Crippen molar-refractivity contribution < 1.29 is 0 Å². The second-order valence-electron chi connectivity index (χ2n) is 6.78. The number of benzene rings is 3. The number of nitrogens with zero attached hydrogens (tertiary/aromatic N) is 4. The van der Waals surface area contributed by atoms with E-state index in [4.69, 9.17) is 16.6 Å². The summed E-state index contributed by atoms with van der Waals surface area (Å²) in [6.45, 7) is 0. The van der Waals surface area contributed by atoms with E-state index >= 15 is 0 Å². The molecule has 0 N–H and O–H groups in total. The zero-order valence-corrected chi connectivity index (χ0v) is 16.8. The van der Waals surface area contributed by atoms with Crippen LogP contribution in [0.3, 0.4) is 0 Å². The molecule has 5 nitrogen and oxygen atoms in total. The lowest BCUT2D eigenvalue weighted by molar-refractivity contribution is 0.440.